The average molecular weight is 240 g/mol. The molecule has 1 aromatic heterocycles. The molecule has 0 atom stereocenters. The number of hydrogen-bond acceptors (Lipinski definition) is 4. The zero-order chi connectivity index (χ0) is 12.0. The molecule has 0 radical (unpaired) electrons. The van der Waals surface area contributed by atoms with Gasteiger partial charge in [0.1, 0.15) is 5.82 Å². The van der Waals surface area contributed by atoms with Gasteiger partial charge in [-0.1, -0.05) is 24.3 Å². The third-order valence-electron chi connectivity index (χ3n) is 2.18. The molecule has 0 aliphatic rings. The van der Waals surface area contributed by atoms with Gasteiger partial charge in [-0.15, -0.1) is 16.8 Å². The Morgan fingerprint density at radius 2 is 2.25 bits per heavy atom. The fraction of sp³-hybridized carbons (Fsp3) is 0.636. The van der Waals surface area contributed by atoms with Gasteiger partial charge in [-0.25, -0.2) is 0 Å². The SMILES string of the molecule is C=C(C)CCSc1nnc(CN)n1CCC. The highest BCUT2D eigenvalue weighted by atomic mass is 32.2. The summed E-state index contributed by atoms with van der Waals surface area (Å²) in [5.41, 5.74) is 6.83. The second kappa shape index (κ2) is 6.70. The van der Waals surface area contributed by atoms with E-state index in [9.17, 15) is 0 Å². The molecule has 0 spiro atoms. The maximum Gasteiger partial charge on any atom is 0.191 e. The van der Waals surface area contributed by atoms with Crippen molar-refractivity contribution in [1.29, 1.82) is 0 Å². The fourth-order valence-corrected chi connectivity index (χ4v) is 2.43. The monoisotopic (exact) mass is 240 g/mol. The van der Waals surface area contributed by atoms with Crippen LogP contribution in [0, 0.1) is 0 Å². The number of nitrogens with zero attached hydrogens (tertiary/aromatic N) is 3. The van der Waals surface area contributed by atoms with Crippen LogP contribution >= 0.6 is 11.8 Å². The molecule has 0 unspecified atom stereocenters. The first-order chi connectivity index (χ1) is 7.69. The van der Waals surface area contributed by atoms with Crippen LogP contribution < -0.4 is 5.73 Å². The maximum absolute atomic E-state index is 5.62. The molecule has 0 bridgehead atoms. The standard InChI is InChI=1S/C11H20N4S/c1-4-6-15-10(8-12)13-14-11(15)16-7-5-9(2)3/h2,4-8,12H2,1,3H3. The number of nitrogens with two attached hydrogens (primary N) is 1. The van der Waals surface area contributed by atoms with Gasteiger partial charge in [0.25, 0.3) is 0 Å². The van der Waals surface area contributed by atoms with Crippen molar-refractivity contribution in [3.05, 3.63) is 18.0 Å². The lowest BCUT2D eigenvalue weighted by atomic mass is 10.3. The number of thioether (sulfide) groups is 1. The normalized spacial score (nSPS) is 10.7. The molecule has 0 aliphatic heterocycles. The lowest BCUT2D eigenvalue weighted by Gasteiger charge is -2.07. The Kier molecular flexibility index (Phi) is 5.55. The van der Waals surface area contributed by atoms with Crippen molar-refractivity contribution >= 4 is 11.8 Å². The summed E-state index contributed by atoms with van der Waals surface area (Å²) in [6, 6.07) is 0. The van der Waals surface area contributed by atoms with Crippen LogP contribution in [-0.2, 0) is 13.1 Å². The first-order valence-electron chi connectivity index (χ1n) is 5.58. The number of allylic oxidation sites excluding steroid dienone is 1. The molecule has 90 valence electrons. The zero-order valence-electron chi connectivity index (χ0n) is 10.1. The van der Waals surface area contributed by atoms with Gasteiger partial charge in [-0.05, 0) is 19.8 Å². The van der Waals surface area contributed by atoms with Gasteiger partial charge in [0.05, 0.1) is 6.54 Å². The molecule has 0 saturated carbocycles. The molecule has 0 aromatic carbocycles. The quantitative estimate of drug-likeness (QED) is 0.586. The highest BCUT2D eigenvalue weighted by Gasteiger charge is 2.09. The topological polar surface area (TPSA) is 56.7 Å². The van der Waals surface area contributed by atoms with E-state index in [4.69, 9.17) is 5.73 Å². The summed E-state index contributed by atoms with van der Waals surface area (Å²) in [4.78, 5) is 0. The Labute approximate surface area is 101 Å². The van der Waals surface area contributed by atoms with E-state index in [0.717, 1.165) is 36.1 Å². The van der Waals surface area contributed by atoms with E-state index >= 15 is 0 Å². The molecule has 1 rings (SSSR count). The van der Waals surface area contributed by atoms with Gasteiger partial charge in [0.2, 0.25) is 0 Å². The summed E-state index contributed by atoms with van der Waals surface area (Å²) in [6.45, 7) is 9.47. The molecule has 1 aromatic rings. The summed E-state index contributed by atoms with van der Waals surface area (Å²) >= 11 is 1.72. The van der Waals surface area contributed by atoms with Crippen LogP contribution in [0.1, 0.15) is 32.5 Å². The summed E-state index contributed by atoms with van der Waals surface area (Å²) in [6.07, 6.45) is 2.08. The second-order valence-corrected chi connectivity index (χ2v) is 4.87. The van der Waals surface area contributed by atoms with Crippen molar-refractivity contribution in [3.8, 4) is 0 Å². The lowest BCUT2D eigenvalue weighted by molar-refractivity contribution is 0.592. The average Bonchev–Trinajstić information content (AvgIpc) is 2.61. The minimum absolute atomic E-state index is 0.452. The van der Waals surface area contributed by atoms with Crippen molar-refractivity contribution in [1.82, 2.24) is 14.8 Å². The molecular formula is C11H20N4S. The fourth-order valence-electron chi connectivity index (χ4n) is 1.34. The third kappa shape index (κ3) is 3.64. The smallest absolute Gasteiger partial charge is 0.191 e. The largest absolute Gasteiger partial charge is 0.324 e. The molecule has 1 heterocycles. The Morgan fingerprint density at radius 3 is 2.81 bits per heavy atom. The van der Waals surface area contributed by atoms with Crippen LogP contribution in [0.5, 0.6) is 0 Å². The summed E-state index contributed by atoms with van der Waals surface area (Å²) in [7, 11) is 0. The highest BCUT2D eigenvalue weighted by molar-refractivity contribution is 7.99. The Hall–Kier alpha value is -0.810. The van der Waals surface area contributed by atoms with E-state index in [1.54, 1.807) is 11.8 Å². The van der Waals surface area contributed by atoms with E-state index in [1.165, 1.54) is 5.57 Å². The van der Waals surface area contributed by atoms with Crippen molar-refractivity contribution in [3.63, 3.8) is 0 Å². The molecule has 0 amide bonds. The summed E-state index contributed by atoms with van der Waals surface area (Å²) < 4.78 is 2.11. The third-order valence-corrected chi connectivity index (χ3v) is 3.15. The van der Waals surface area contributed by atoms with Crippen molar-refractivity contribution < 1.29 is 0 Å². The first-order valence-corrected chi connectivity index (χ1v) is 6.57. The minimum atomic E-state index is 0.452. The minimum Gasteiger partial charge on any atom is -0.324 e. The van der Waals surface area contributed by atoms with Crippen LogP contribution in [0.3, 0.4) is 0 Å². The first kappa shape index (κ1) is 13.3. The molecule has 5 heteroatoms. The van der Waals surface area contributed by atoms with Crippen LogP contribution in [-0.4, -0.2) is 20.5 Å². The van der Waals surface area contributed by atoms with Gasteiger partial charge < -0.3 is 10.3 Å². The van der Waals surface area contributed by atoms with Gasteiger partial charge in [0, 0.05) is 12.3 Å². The zero-order valence-corrected chi connectivity index (χ0v) is 10.9. The predicted octanol–water partition coefficient (Wildman–Crippen LogP) is 2.21. The predicted molar refractivity (Wildman–Crippen MR) is 68.4 cm³/mol. The number of hydrogen-bond donors (Lipinski definition) is 1. The van der Waals surface area contributed by atoms with E-state index in [1.807, 2.05) is 6.92 Å². The molecule has 4 nitrogen and oxygen atoms in total. The van der Waals surface area contributed by atoms with E-state index in [-0.39, 0.29) is 0 Å². The Morgan fingerprint density at radius 1 is 1.50 bits per heavy atom. The van der Waals surface area contributed by atoms with Crippen molar-refractivity contribution in [2.45, 2.75) is 44.9 Å². The summed E-state index contributed by atoms with van der Waals surface area (Å²) in [5.74, 6) is 1.88. The Bertz CT molecular complexity index is 346. The van der Waals surface area contributed by atoms with Gasteiger partial charge >= 0.3 is 0 Å². The van der Waals surface area contributed by atoms with Crippen molar-refractivity contribution in [2.24, 2.45) is 5.73 Å². The molecule has 16 heavy (non-hydrogen) atoms. The van der Waals surface area contributed by atoms with Gasteiger partial charge in [-0.3, -0.25) is 0 Å². The van der Waals surface area contributed by atoms with Gasteiger partial charge in [-0.2, -0.15) is 0 Å². The van der Waals surface area contributed by atoms with Gasteiger partial charge in [0.15, 0.2) is 5.16 Å². The van der Waals surface area contributed by atoms with Crippen LogP contribution in [0.15, 0.2) is 17.3 Å². The van der Waals surface area contributed by atoms with Crippen LogP contribution in [0.2, 0.25) is 0 Å². The number of aromatic nitrogens is 3. The maximum atomic E-state index is 5.62. The second-order valence-electron chi connectivity index (χ2n) is 3.81. The summed E-state index contributed by atoms with van der Waals surface area (Å²) in [5, 5.41) is 9.24. The molecule has 0 saturated heterocycles. The Balaban J connectivity index is 2.63. The van der Waals surface area contributed by atoms with E-state index in [2.05, 4.69) is 28.3 Å². The van der Waals surface area contributed by atoms with E-state index < -0.39 is 0 Å². The molecular weight excluding hydrogens is 220 g/mol. The highest BCUT2D eigenvalue weighted by Crippen LogP contribution is 2.19. The van der Waals surface area contributed by atoms with Crippen LogP contribution in [0.25, 0.3) is 0 Å². The van der Waals surface area contributed by atoms with E-state index in [0.29, 0.717) is 6.54 Å². The van der Waals surface area contributed by atoms with Crippen molar-refractivity contribution in [2.75, 3.05) is 5.75 Å². The lowest BCUT2D eigenvalue weighted by Crippen LogP contribution is -2.09. The van der Waals surface area contributed by atoms with Crippen LogP contribution in [0.4, 0.5) is 0 Å². The molecule has 2 N–H and O–H groups in total. The molecule has 0 aliphatic carbocycles. The number of rotatable bonds is 7. The molecule has 0 fully saturated rings.